The molecule has 0 aliphatic carbocycles. The first-order valence-electron chi connectivity index (χ1n) is 16.0. The fourth-order valence-electron chi connectivity index (χ4n) is 4.41. The maximum absolute atomic E-state index is 12.4. The average molecular weight is 580 g/mol. The summed E-state index contributed by atoms with van der Waals surface area (Å²) in [7, 11) is -4.25. The van der Waals surface area contributed by atoms with Crippen LogP contribution in [0, 0.1) is 0 Å². The lowest BCUT2D eigenvalue weighted by Crippen LogP contribution is -2.28. The zero-order valence-electron chi connectivity index (χ0n) is 25.4. The summed E-state index contributed by atoms with van der Waals surface area (Å²) in [5, 5.41) is 0. The molecule has 0 rings (SSSR count). The number of unbranched alkanes of at least 4 members (excludes halogenated alkanes) is 18. The molecule has 8 nitrogen and oxygen atoms in total. The summed E-state index contributed by atoms with van der Waals surface area (Å²) < 4.78 is 33.0. The molecule has 3 N–H and O–H groups in total. The van der Waals surface area contributed by atoms with Crippen molar-refractivity contribution in [2.24, 2.45) is 5.73 Å². The molecule has 0 radical (unpaired) electrons. The number of hydrogen-bond acceptors (Lipinski definition) is 7. The molecule has 234 valence electrons. The Bertz CT molecular complexity index is 580. The summed E-state index contributed by atoms with van der Waals surface area (Å²) in [6.45, 7) is 4.90. The van der Waals surface area contributed by atoms with Gasteiger partial charge in [-0.2, -0.15) is 0 Å². The van der Waals surface area contributed by atoms with E-state index in [2.05, 4.69) is 13.8 Å². The van der Waals surface area contributed by atoms with Crippen molar-refractivity contribution < 1.29 is 32.8 Å². The van der Waals surface area contributed by atoms with Crippen molar-refractivity contribution in [3.8, 4) is 0 Å². The molecule has 0 amide bonds. The van der Waals surface area contributed by atoms with Gasteiger partial charge in [0.15, 0.2) is 0 Å². The first-order valence-corrected chi connectivity index (χ1v) is 17.5. The van der Waals surface area contributed by atoms with E-state index in [1.54, 1.807) is 0 Å². The van der Waals surface area contributed by atoms with E-state index in [1.165, 1.54) is 96.3 Å². The van der Waals surface area contributed by atoms with E-state index in [0.717, 1.165) is 32.1 Å². The Kier molecular flexibility index (Phi) is 28.6. The number of phosphoric ester groups is 1. The molecule has 0 heterocycles. The van der Waals surface area contributed by atoms with E-state index in [4.69, 9.17) is 24.3 Å². The van der Waals surface area contributed by atoms with Crippen molar-refractivity contribution in [1.82, 2.24) is 0 Å². The second kappa shape index (κ2) is 29.0. The number of carbonyl (C=O) groups excluding carboxylic acids is 1. The van der Waals surface area contributed by atoms with Crippen molar-refractivity contribution in [3.63, 3.8) is 0 Å². The predicted octanol–water partition coefficient (Wildman–Crippen LogP) is 8.24. The zero-order valence-corrected chi connectivity index (χ0v) is 26.3. The van der Waals surface area contributed by atoms with Crippen LogP contribution >= 0.6 is 7.82 Å². The van der Waals surface area contributed by atoms with E-state index in [1.807, 2.05) is 0 Å². The third-order valence-electron chi connectivity index (χ3n) is 6.77. The lowest BCUT2D eigenvalue weighted by atomic mass is 10.1. The monoisotopic (exact) mass is 579 g/mol. The average Bonchev–Trinajstić information content (AvgIpc) is 2.92. The number of carbonyl (C=O) groups is 1. The standard InChI is InChI=1S/C30H62NO7P/c1-3-5-7-9-11-13-14-16-18-20-22-25-35-27-29(28-37-39(33,34)36-26-24-31)38-30(32)23-21-19-17-15-12-10-8-6-4-2/h29H,3-28,31H2,1-2H3,(H,33,34). The van der Waals surface area contributed by atoms with Crippen LogP contribution in [-0.4, -0.2) is 49.9 Å². The van der Waals surface area contributed by atoms with Crippen molar-refractivity contribution in [2.75, 3.05) is 33.0 Å². The lowest BCUT2D eigenvalue weighted by Gasteiger charge is -2.20. The third kappa shape index (κ3) is 28.8. The van der Waals surface area contributed by atoms with Crippen LogP contribution in [0.4, 0.5) is 0 Å². The summed E-state index contributed by atoms with van der Waals surface area (Å²) >= 11 is 0. The van der Waals surface area contributed by atoms with Crippen molar-refractivity contribution in [1.29, 1.82) is 0 Å². The molecule has 0 aromatic rings. The predicted molar refractivity (Wildman–Crippen MR) is 160 cm³/mol. The van der Waals surface area contributed by atoms with E-state index < -0.39 is 13.9 Å². The highest BCUT2D eigenvalue weighted by Crippen LogP contribution is 2.43. The minimum Gasteiger partial charge on any atom is -0.457 e. The molecule has 0 aromatic carbocycles. The van der Waals surface area contributed by atoms with Crippen LogP contribution in [0.1, 0.15) is 149 Å². The van der Waals surface area contributed by atoms with Crippen molar-refractivity contribution >= 4 is 13.8 Å². The smallest absolute Gasteiger partial charge is 0.457 e. The number of phosphoric acid groups is 1. The van der Waals surface area contributed by atoms with Crippen LogP contribution < -0.4 is 5.73 Å². The van der Waals surface area contributed by atoms with Crippen molar-refractivity contribution in [3.05, 3.63) is 0 Å². The molecular weight excluding hydrogens is 517 g/mol. The summed E-state index contributed by atoms with van der Waals surface area (Å²) in [6, 6.07) is 0. The quantitative estimate of drug-likeness (QED) is 0.0479. The number of ether oxygens (including phenoxy) is 2. The molecule has 0 aromatic heterocycles. The van der Waals surface area contributed by atoms with E-state index >= 15 is 0 Å². The second-order valence-corrected chi connectivity index (χ2v) is 12.1. The summed E-state index contributed by atoms with van der Waals surface area (Å²) in [6.07, 6.45) is 24.0. The number of nitrogens with two attached hydrogens (primary N) is 1. The van der Waals surface area contributed by atoms with Gasteiger partial charge < -0.3 is 20.1 Å². The van der Waals surface area contributed by atoms with Gasteiger partial charge in [0.25, 0.3) is 0 Å². The highest BCUT2D eigenvalue weighted by molar-refractivity contribution is 7.47. The van der Waals surface area contributed by atoms with Gasteiger partial charge in [-0.05, 0) is 12.8 Å². The third-order valence-corrected chi connectivity index (χ3v) is 7.76. The SMILES string of the molecule is CCCCCCCCCCCCCOCC(COP(=O)(O)OCCN)OC(=O)CCCCCCCCCCC. The highest BCUT2D eigenvalue weighted by Gasteiger charge is 2.25. The van der Waals surface area contributed by atoms with Crippen LogP contribution in [0.25, 0.3) is 0 Å². The Balaban J connectivity index is 4.14. The lowest BCUT2D eigenvalue weighted by molar-refractivity contribution is -0.154. The molecule has 0 saturated heterocycles. The van der Waals surface area contributed by atoms with Crippen molar-refractivity contribution in [2.45, 2.75) is 155 Å². The van der Waals surface area contributed by atoms with Crippen LogP contribution in [0.2, 0.25) is 0 Å². The normalized spacial score (nSPS) is 13.8. The van der Waals surface area contributed by atoms with Gasteiger partial charge in [0.2, 0.25) is 0 Å². The van der Waals surface area contributed by atoms with Crippen LogP contribution in [0.15, 0.2) is 0 Å². The van der Waals surface area contributed by atoms with Gasteiger partial charge >= 0.3 is 13.8 Å². The Morgan fingerprint density at radius 2 is 1.13 bits per heavy atom. The minimum atomic E-state index is -4.25. The van der Waals surface area contributed by atoms with E-state index in [9.17, 15) is 14.3 Å². The van der Waals surface area contributed by atoms with Crippen LogP contribution in [0.3, 0.4) is 0 Å². The molecule has 0 fully saturated rings. The molecule has 0 aliphatic heterocycles. The van der Waals surface area contributed by atoms with Crippen LogP contribution in [-0.2, 0) is 27.9 Å². The molecule has 9 heteroatoms. The largest absolute Gasteiger partial charge is 0.472 e. The Morgan fingerprint density at radius 3 is 1.62 bits per heavy atom. The van der Waals surface area contributed by atoms with Gasteiger partial charge in [-0.25, -0.2) is 4.57 Å². The van der Waals surface area contributed by atoms with E-state index in [-0.39, 0.29) is 32.3 Å². The molecule has 2 unspecified atom stereocenters. The first kappa shape index (κ1) is 38.5. The highest BCUT2D eigenvalue weighted by atomic mass is 31.2. The van der Waals surface area contributed by atoms with Gasteiger partial charge in [-0.1, -0.05) is 129 Å². The Labute approximate surface area is 240 Å². The summed E-state index contributed by atoms with van der Waals surface area (Å²) in [5.41, 5.74) is 5.32. The molecule has 0 aliphatic rings. The Hall–Kier alpha value is -0.500. The van der Waals surface area contributed by atoms with Gasteiger partial charge in [0.1, 0.15) is 6.10 Å². The molecule has 0 bridgehead atoms. The fraction of sp³-hybridized carbons (Fsp3) is 0.967. The summed E-state index contributed by atoms with van der Waals surface area (Å²) in [4.78, 5) is 22.2. The maximum atomic E-state index is 12.4. The molecule has 39 heavy (non-hydrogen) atoms. The topological polar surface area (TPSA) is 117 Å². The number of rotatable bonds is 31. The van der Waals surface area contributed by atoms with Gasteiger partial charge in [-0.3, -0.25) is 13.8 Å². The van der Waals surface area contributed by atoms with Gasteiger partial charge in [0.05, 0.1) is 19.8 Å². The molecule has 0 saturated carbocycles. The number of esters is 1. The fourth-order valence-corrected chi connectivity index (χ4v) is 5.17. The van der Waals surface area contributed by atoms with Gasteiger partial charge in [-0.15, -0.1) is 0 Å². The second-order valence-electron chi connectivity index (χ2n) is 10.7. The maximum Gasteiger partial charge on any atom is 0.472 e. The molecule has 0 spiro atoms. The number of hydrogen-bond donors (Lipinski definition) is 2. The minimum absolute atomic E-state index is 0.0911. The first-order chi connectivity index (χ1) is 18.9. The molecule has 2 atom stereocenters. The van der Waals surface area contributed by atoms with Crippen LogP contribution in [0.5, 0.6) is 0 Å². The molecular formula is C30H62NO7P. The zero-order chi connectivity index (χ0) is 28.9. The van der Waals surface area contributed by atoms with Gasteiger partial charge in [0, 0.05) is 19.6 Å². The summed E-state index contributed by atoms with van der Waals surface area (Å²) in [5.74, 6) is -0.333. The Morgan fingerprint density at radius 1 is 0.667 bits per heavy atom. The van der Waals surface area contributed by atoms with E-state index in [0.29, 0.717) is 13.0 Å².